The highest BCUT2D eigenvalue weighted by Gasteiger charge is 2.08. The van der Waals surface area contributed by atoms with Crippen LogP contribution in [0, 0.1) is 0 Å². The Hall–Kier alpha value is -2.75. The molecule has 0 saturated heterocycles. The maximum Gasteiger partial charge on any atom is 0.159 e. The van der Waals surface area contributed by atoms with Crippen LogP contribution in [0.4, 0.5) is 4.39 Å². The normalized spacial score (nSPS) is 12.0. The number of rotatable bonds is 16. The van der Waals surface area contributed by atoms with Gasteiger partial charge in [-0.25, -0.2) is 14.4 Å². The Morgan fingerprint density at radius 2 is 1.29 bits per heavy atom. The van der Waals surface area contributed by atoms with E-state index in [1.165, 1.54) is 50.5 Å². The molecule has 3 nitrogen and oxygen atoms in total. The Labute approximate surface area is 211 Å². The minimum absolute atomic E-state index is 0.105. The van der Waals surface area contributed by atoms with Crippen molar-refractivity contribution in [3.05, 3.63) is 66.5 Å². The van der Waals surface area contributed by atoms with E-state index >= 15 is 0 Å². The van der Waals surface area contributed by atoms with Crippen molar-refractivity contribution in [3.8, 4) is 28.3 Å². The molecule has 0 aliphatic carbocycles. The molecule has 0 N–H and O–H groups in total. The third-order valence-electron chi connectivity index (χ3n) is 6.42. The fourth-order valence-corrected chi connectivity index (χ4v) is 4.19. The van der Waals surface area contributed by atoms with Crippen molar-refractivity contribution in [1.82, 2.24) is 9.97 Å². The van der Waals surface area contributed by atoms with Crippen LogP contribution in [0.3, 0.4) is 0 Å². The van der Waals surface area contributed by atoms with Crippen LogP contribution < -0.4 is 4.74 Å². The molecular weight excluding hydrogens is 435 g/mol. The third kappa shape index (κ3) is 9.43. The summed E-state index contributed by atoms with van der Waals surface area (Å²) in [5, 5.41) is 0. The maximum atomic E-state index is 14.0. The Bertz CT molecular complexity index is 955. The first-order valence-corrected chi connectivity index (χ1v) is 13.5. The molecule has 0 aliphatic heterocycles. The van der Waals surface area contributed by atoms with Crippen molar-refractivity contribution in [1.29, 1.82) is 0 Å². The van der Waals surface area contributed by atoms with Crippen LogP contribution in [0.1, 0.15) is 83.6 Å². The number of aromatic nitrogens is 2. The average Bonchev–Trinajstić information content (AvgIpc) is 2.91. The second-order valence-electron chi connectivity index (χ2n) is 9.44. The van der Waals surface area contributed by atoms with Crippen LogP contribution in [-0.2, 0) is 6.42 Å². The molecule has 0 aliphatic rings. The molecule has 2 aromatic carbocycles. The van der Waals surface area contributed by atoms with Crippen molar-refractivity contribution in [3.63, 3.8) is 0 Å². The van der Waals surface area contributed by atoms with Gasteiger partial charge in [-0.2, -0.15) is 0 Å². The van der Waals surface area contributed by atoms with Crippen molar-refractivity contribution in [2.24, 2.45) is 0 Å². The molecule has 0 spiro atoms. The van der Waals surface area contributed by atoms with E-state index in [1.54, 1.807) is 0 Å². The van der Waals surface area contributed by atoms with E-state index in [2.05, 4.69) is 48.1 Å². The van der Waals surface area contributed by atoms with E-state index < -0.39 is 6.17 Å². The quantitative estimate of drug-likeness (QED) is 0.193. The van der Waals surface area contributed by atoms with Gasteiger partial charge in [-0.1, -0.05) is 89.5 Å². The number of benzene rings is 2. The van der Waals surface area contributed by atoms with E-state index in [0.717, 1.165) is 36.0 Å². The van der Waals surface area contributed by atoms with Crippen molar-refractivity contribution in [2.75, 3.05) is 6.61 Å². The van der Waals surface area contributed by atoms with Crippen LogP contribution in [0.2, 0.25) is 0 Å². The van der Waals surface area contributed by atoms with Gasteiger partial charge in [0.2, 0.25) is 0 Å². The predicted octanol–water partition coefficient (Wildman–Crippen LogP) is 9.01. The molecule has 0 saturated carbocycles. The first-order valence-electron chi connectivity index (χ1n) is 13.5. The smallest absolute Gasteiger partial charge is 0.159 e. The van der Waals surface area contributed by atoms with Crippen LogP contribution in [0.15, 0.2) is 60.9 Å². The molecule has 35 heavy (non-hydrogen) atoms. The monoisotopic (exact) mass is 476 g/mol. The molecule has 0 amide bonds. The van der Waals surface area contributed by atoms with E-state index in [1.807, 2.05) is 36.7 Å². The fraction of sp³-hybridized carbons (Fsp3) is 0.484. The Morgan fingerprint density at radius 3 is 1.94 bits per heavy atom. The first-order chi connectivity index (χ1) is 17.2. The fourth-order valence-electron chi connectivity index (χ4n) is 4.19. The summed E-state index contributed by atoms with van der Waals surface area (Å²) in [5.74, 6) is 1.34. The van der Waals surface area contributed by atoms with Gasteiger partial charge in [0.15, 0.2) is 5.82 Å². The summed E-state index contributed by atoms with van der Waals surface area (Å²) in [6.45, 7) is 4.52. The second kappa shape index (κ2) is 15.3. The molecule has 0 bridgehead atoms. The topological polar surface area (TPSA) is 35.0 Å². The second-order valence-corrected chi connectivity index (χ2v) is 9.44. The Balaban J connectivity index is 1.47. The Morgan fingerprint density at radius 1 is 0.686 bits per heavy atom. The summed E-state index contributed by atoms with van der Waals surface area (Å²) in [4.78, 5) is 9.13. The molecule has 4 heteroatoms. The average molecular weight is 477 g/mol. The number of ether oxygens (including phenoxy) is 1. The van der Waals surface area contributed by atoms with Crippen molar-refractivity contribution >= 4 is 0 Å². The van der Waals surface area contributed by atoms with E-state index in [-0.39, 0.29) is 6.61 Å². The third-order valence-corrected chi connectivity index (χ3v) is 6.42. The van der Waals surface area contributed by atoms with Crippen LogP contribution in [0.5, 0.6) is 5.75 Å². The lowest BCUT2D eigenvalue weighted by atomic mass is 10.0. The number of hydrogen-bond donors (Lipinski definition) is 0. The van der Waals surface area contributed by atoms with Crippen LogP contribution in [-0.4, -0.2) is 22.7 Å². The number of hydrogen-bond acceptors (Lipinski definition) is 3. The SMILES string of the molecule is CCCCCCCc1ccc(-c2cnc(-c3ccc(OCC(F)CCCCCC)cc3)nc2)cc1. The highest BCUT2D eigenvalue weighted by Crippen LogP contribution is 2.23. The molecule has 1 atom stereocenters. The number of alkyl halides is 1. The summed E-state index contributed by atoms with van der Waals surface area (Å²) < 4.78 is 19.6. The lowest BCUT2D eigenvalue weighted by Gasteiger charge is -2.11. The molecule has 1 heterocycles. The summed E-state index contributed by atoms with van der Waals surface area (Å²) in [5.41, 5.74) is 4.45. The van der Waals surface area contributed by atoms with E-state index in [4.69, 9.17) is 4.74 Å². The van der Waals surface area contributed by atoms with Gasteiger partial charge < -0.3 is 4.74 Å². The van der Waals surface area contributed by atoms with E-state index in [9.17, 15) is 4.39 Å². The summed E-state index contributed by atoms with van der Waals surface area (Å²) in [6, 6.07) is 16.3. The molecule has 0 fully saturated rings. The molecule has 1 unspecified atom stereocenters. The van der Waals surface area contributed by atoms with Gasteiger partial charge in [-0.3, -0.25) is 0 Å². The largest absolute Gasteiger partial charge is 0.491 e. The summed E-state index contributed by atoms with van der Waals surface area (Å²) in [7, 11) is 0. The number of nitrogens with zero attached hydrogens (tertiary/aromatic N) is 2. The molecule has 3 aromatic rings. The van der Waals surface area contributed by atoms with Crippen molar-refractivity contribution < 1.29 is 9.13 Å². The standard InChI is InChI=1S/C31H41FN2O/c1-3-5-7-9-10-12-25-14-16-26(17-15-25)28-22-33-31(34-23-28)27-18-20-30(21-19-27)35-24-29(32)13-11-8-6-4-2/h14-23,29H,3-13,24H2,1-2H3. The highest BCUT2D eigenvalue weighted by atomic mass is 19.1. The van der Waals surface area contributed by atoms with Gasteiger partial charge in [0.05, 0.1) is 0 Å². The number of unbranched alkanes of at least 4 members (excludes halogenated alkanes) is 7. The molecule has 0 radical (unpaired) electrons. The van der Waals surface area contributed by atoms with Gasteiger partial charge >= 0.3 is 0 Å². The van der Waals surface area contributed by atoms with Crippen LogP contribution in [0.25, 0.3) is 22.5 Å². The van der Waals surface area contributed by atoms with Crippen molar-refractivity contribution in [2.45, 2.75) is 90.6 Å². The van der Waals surface area contributed by atoms with Gasteiger partial charge in [0.1, 0.15) is 18.5 Å². The zero-order chi connectivity index (χ0) is 24.7. The molecular formula is C31H41FN2O. The lowest BCUT2D eigenvalue weighted by molar-refractivity contribution is 0.184. The predicted molar refractivity (Wildman–Crippen MR) is 145 cm³/mol. The molecule has 3 rings (SSSR count). The zero-order valence-corrected chi connectivity index (χ0v) is 21.5. The van der Waals surface area contributed by atoms with Crippen LogP contribution >= 0.6 is 0 Å². The number of halogens is 1. The van der Waals surface area contributed by atoms with Gasteiger partial charge in [-0.15, -0.1) is 0 Å². The minimum Gasteiger partial charge on any atom is -0.491 e. The highest BCUT2D eigenvalue weighted by molar-refractivity contribution is 5.64. The zero-order valence-electron chi connectivity index (χ0n) is 21.5. The molecule has 188 valence electrons. The summed E-state index contributed by atoms with van der Waals surface area (Å²) >= 11 is 0. The first kappa shape index (κ1) is 26.8. The molecule has 1 aromatic heterocycles. The van der Waals surface area contributed by atoms with Gasteiger partial charge in [0.25, 0.3) is 0 Å². The minimum atomic E-state index is -0.915. The maximum absolute atomic E-state index is 14.0. The lowest BCUT2D eigenvalue weighted by Crippen LogP contribution is -2.12. The van der Waals surface area contributed by atoms with Gasteiger partial charge in [0, 0.05) is 23.5 Å². The van der Waals surface area contributed by atoms with E-state index in [0.29, 0.717) is 18.0 Å². The number of aryl methyl sites for hydroxylation is 1. The van der Waals surface area contributed by atoms with Gasteiger partial charge in [-0.05, 0) is 54.7 Å². The Kier molecular flexibility index (Phi) is 11.7. The summed E-state index contributed by atoms with van der Waals surface area (Å²) in [6.07, 6.45) is 15.4.